The molecule has 4 nitrogen and oxygen atoms in total. The maximum Gasteiger partial charge on any atom is 0.127 e. The fraction of sp³-hybridized carbons (Fsp3) is 0.438. The van der Waals surface area contributed by atoms with Gasteiger partial charge in [-0.15, -0.1) is 11.3 Å². The Morgan fingerprint density at radius 2 is 2.36 bits per heavy atom. The molecule has 0 radical (unpaired) electrons. The number of furan rings is 1. The lowest BCUT2D eigenvalue weighted by Gasteiger charge is -2.05. The van der Waals surface area contributed by atoms with Crippen molar-refractivity contribution in [3.8, 4) is 0 Å². The minimum Gasteiger partial charge on any atom is -0.467 e. The van der Waals surface area contributed by atoms with Crippen molar-refractivity contribution in [2.45, 2.75) is 44.7 Å². The van der Waals surface area contributed by atoms with Gasteiger partial charge in [-0.05, 0) is 61.3 Å². The van der Waals surface area contributed by atoms with Crippen LogP contribution < -0.4 is 11.1 Å². The Balaban J connectivity index is 1.65. The van der Waals surface area contributed by atoms with Crippen LogP contribution in [-0.2, 0) is 13.0 Å². The van der Waals surface area contributed by atoms with Gasteiger partial charge in [0.05, 0.1) is 17.5 Å². The number of thiophene rings is 1. The molecule has 0 bridgehead atoms. The van der Waals surface area contributed by atoms with Crippen LogP contribution >= 0.6 is 22.9 Å². The molecule has 22 heavy (non-hydrogen) atoms. The lowest BCUT2D eigenvalue weighted by Crippen LogP contribution is -2.17. The smallest absolute Gasteiger partial charge is 0.127 e. The molecule has 1 saturated carbocycles. The zero-order valence-corrected chi connectivity index (χ0v) is 14.1. The number of aromatic nitrogens is 1. The Labute approximate surface area is 137 Å². The molecule has 0 aromatic carbocycles. The van der Waals surface area contributed by atoms with Crippen molar-refractivity contribution in [2.24, 2.45) is 5.73 Å². The molecule has 0 saturated heterocycles. The summed E-state index contributed by atoms with van der Waals surface area (Å²) in [5, 5.41) is 4.61. The summed E-state index contributed by atoms with van der Waals surface area (Å²) in [5.41, 5.74) is 8.70. The van der Waals surface area contributed by atoms with Crippen LogP contribution in [0.3, 0.4) is 0 Å². The van der Waals surface area contributed by atoms with Crippen LogP contribution in [0.5, 0.6) is 0 Å². The highest BCUT2D eigenvalue weighted by atomic mass is 32.1. The second kappa shape index (κ2) is 5.68. The summed E-state index contributed by atoms with van der Waals surface area (Å²) >= 11 is 3.42. The predicted molar refractivity (Wildman–Crippen MR) is 92.9 cm³/mol. The molecule has 0 spiro atoms. The predicted octanol–water partition coefficient (Wildman–Crippen LogP) is 4.33. The van der Waals surface area contributed by atoms with Crippen LogP contribution in [0, 0.1) is 0 Å². The van der Waals surface area contributed by atoms with Crippen LogP contribution in [0.4, 0.5) is 5.00 Å². The molecule has 3 heterocycles. The van der Waals surface area contributed by atoms with E-state index in [9.17, 15) is 0 Å². The third-order valence-electron chi connectivity index (χ3n) is 3.93. The van der Waals surface area contributed by atoms with E-state index in [1.54, 1.807) is 17.8 Å². The van der Waals surface area contributed by atoms with Gasteiger partial charge in [-0.3, -0.25) is 0 Å². The lowest BCUT2D eigenvalue weighted by molar-refractivity contribution is 0.518. The van der Waals surface area contributed by atoms with Gasteiger partial charge in [-0.25, -0.2) is 0 Å². The Morgan fingerprint density at radius 3 is 3.05 bits per heavy atom. The van der Waals surface area contributed by atoms with E-state index in [2.05, 4.69) is 12.2 Å². The van der Waals surface area contributed by atoms with Crippen molar-refractivity contribution < 1.29 is 4.42 Å². The Bertz CT molecular complexity index is 769. The fourth-order valence-electron chi connectivity index (χ4n) is 2.79. The molecular weight excluding hydrogens is 314 g/mol. The van der Waals surface area contributed by atoms with Crippen LogP contribution in [0.2, 0.25) is 0 Å². The molecule has 3 aromatic heterocycles. The summed E-state index contributed by atoms with van der Waals surface area (Å²) in [6.45, 7) is 2.77. The molecule has 4 rings (SSSR count). The number of nitrogens with one attached hydrogen (secondary N) is 1. The highest BCUT2D eigenvalue weighted by Gasteiger charge is 2.31. The topological polar surface area (TPSA) is 64.1 Å². The van der Waals surface area contributed by atoms with Gasteiger partial charge in [0.1, 0.15) is 16.3 Å². The number of rotatable bonds is 6. The first kappa shape index (κ1) is 14.2. The molecular formula is C16H19N3OS2. The van der Waals surface area contributed by atoms with Gasteiger partial charge in [0.15, 0.2) is 0 Å². The summed E-state index contributed by atoms with van der Waals surface area (Å²) in [7, 11) is 0. The maximum absolute atomic E-state index is 6.03. The third kappa shape index (κ3) is 2.66. The standard InChI is InChI=1S/C16H19N3OS2/c1-9(17)7-12-13(10-4-5-10)14-15(21-12)16(22-19-14)18-8-11-3-2-6-20-11/h2-3,6,9-10,18H,4-5,7-8,17H2,1H3/t9-/m0/s1. The number of anilines is 1. The monoisotopic (exact) mass is 333 g/mol. The summed E-state index contributed by atoms with van der Waals surface area (Å²) in [6, 6.07) is 4.09. The largest absolute Gasteiger partial charge is 0.467 e. The summed E-state index contributed by atoms with van der Waals surface area (Å²) in [6.07, 6.45) is 5.25. The number of hydrogen-bond donors (Lipinski definition) is 2. The number of hydrogen-bond acceptors (Lipinski definition) is 6. The zero-order valence-electron chi connectivity index (χ0n) is 12.5. The minimum atomic E-state index is 0.198. The van der Waals surface area contributed by atoms with E-state index >= 15 is 0 Å². The highest BCUT2D eigenvalue weighted by Crippen LogP contribution is 2.50. The van der Waals surface area contributed by atoms with E-state index in [4.69, 9.17) is 14.5 Å². The normalized spacial score (nSPS) is 16.3. The second-order valence-corrected chi connectivity index (χ2v) is 7.90. The van der Waals surface area contributed by atoms with Gasteiger partial charge >= 0.3 is 0 Å². The van der Waals surface area contributed by atoms with Gasteiger partial charge in [0, 0.05) is 10.9 Å². The van der Waals surface area contributed by atoms with Gasteiger partial charge < -0.3 is 15.5 Å². The van der Waals surface area contributed by atoms with Crippen molar-refractivity contribution in [2.75, 3.05) is 5.32 Å². The average molecular weight is 333 g/mol. The molecule has 0 amide bonds. The maximum atomic E-state index is 6.03. The van der Waals surface area contributed by atoms with Crippen molar-refractivity contribution in [3.63, 3.8) is 0 Å². The van der Waals surface area contributed by atoms with Gasteiger partial charge in [-0.2, -0.15) is 4.37 Å². The SMILES string of the molecule is C[C@H](N)Cc1sc2c(NCc3ccco3)snc2c1C1CC1. The highest BCUT2D eigenvalue weighted by molar-refractivity contribution is 7.24. The van der Waals surface area contributed by atoms with Gasteiger partial charge in [-0.1, -0.05) is 0 Å². The van der Waals surface area contributed by atoms with Crippen molar-refractivity contribution in [1.29, 1.82) is 0 Å². The summed E-state index contributed by atoms with van der Waals surface area (Å²) < 4.78 is 11.4. The number of fused-ring (bicyclic) bond motifs is 1. The van der Waals surface area contributed by atoms with Crippen LogP contribution in [0.1, 0.15) is 41.9 Å². The van der Waals surface area contributed by atoms with Crippen LogP contribution in [0.25, 0.3) is 10.2 Å². The van der Waals surface area contributed by atoms with Gasteiger partial charge in [0.25, 0.3) is 0 Å². The van der Waals surface area contributed by atoms with E-state index < -0.39 is 0 Å². The van der Waals surface area contributed by atoms with Gasteiger partial charge in [0.2, 0.25) is 0 Å². The van der Waals surface area contributed by atoms with E-state index in [0.29, 0.717) is 12.5 Å². The van der Waals surface area contributed by atoms with Crippen molar-refractivity contribution in [3.05, 3.63) is 34.6 Å². The lowest BCUT2D eigenvalue weighted by atomic mass is 10.1. The fourth-order valence-corrected chi connectivity index (χ4v) is 5.15. The molecule has 116 valence electrons. The zero-order chi connectivity index (χ0) is 15.1. The summed E-state index contributed by atoms with van der Waals surface area (Å²) in [4.78, 5) is 1.43. The molecule has 1 fully saturated rings. The van der Waals surface area contributed by atoms with E-state index in [1.807, 2.05) is 23.5 Å². The van der Waals surface area contributed by atoms with E-state index in [1.165, 1.54) is 33.5 Å². The second-order valence-electron chi connectivity index (χ2n) is 6.02. The van der Waals surface area contributed by atoms with Crippen LogP contribution in [-0.4, -0.2) is 10.4 Å². The number of nitrogens with zero attached hydrogens (tertiary/aromatic N) is 1. The van der Waals surface area contributed by atoms with Crippen molar-refractivity contribution in [1.82, 2.24) is 4.37 Å². The molecule has 1 aliphatic rings. The molecule has 6 heteroatoms. The molecule has 0 aliphatic heterocycles. The Morgan fingerprint density at radius 1 is 1.50 bits per heavy atom. The minimum absolute atomic E-state index is 0.198. The third-order valence-corrected chi connectivity index (χ3v) is 6.10. The molecule has 0 unspecified atom stereocenters. The Kier molecular flexibility index (Phi) is 3.68. The average Bonchev–Trinajstić information content (AvgIpc) is 2.91. The first-order valence-corrected chi connectivity index (χ1v) is 9.24. The van der Waals surface area contributed by atoms with Crippen molar-refractivity contribution >= 4 is 38.1 Å². The van der Waals surface area contributed by atoms with Crippen LogP contribution in [0.15, 0.2) is 22.8 Å². The summed E-state index contributed by atoms with van der Waals surface area (Å²) in [5.74, 6) is 1.65. The molecule has 3 aromatic rings. The first-order valence-electron chi connectivity index (χ1n) is 7.65. The van der Waals surface area contributed by atoms with E-state index in [-0.39, 0.29) is 6.04 Å². The molecule has 1 atom stereocenters. The number of nitrogens with two attached hydrogens (primary N) is 1. The molecule has 3 N–H and O–H groups in total. The Hall–Kier alpha value is -1.37. The van der Waals surface area contributed by atoms with E-state index in [0.717, 1.165) is 17.2 Å². The quantitative estimate of drug-likeness (QED) is 0.705. The molecule has 1 aliphatic carbocycles. The first-order chi connectivity index (χ1) is 10.7.